The van der Waals surface area contributed by atoms with E-state index in [0.29, 0.717) is 6.54 Å². The molecule has 110 valence electrons. The van der Waals surface area contributed by atoms with Crippen molar-refractivity contribution in [3.8, 4) is 0 Å². The Bertz CT molecular complexity index is 554. The first-order valence-corrected chi connectivity index (χ1v) is 7.10. The van der Waals surface area contributed by atoms with Gasteiger partial charge in [-0.2, -0.15) is 0 Å². The van der Waals surface area contributed by atoms with E-state index in [2.05, 4.69) is 17.0 Å². The van der Waals surface area contributed by atoms with Gasteiger partial charge in [0.05, 0.1) is 0 Å². The number of benzene rings is 2. The van der Waals surface area contributed by atoms with Gasteiger partial charge in [0.1, 0.15) is 6.10 Å². The quantitative estimate of drug-likeness (QED) is 0.761. The van der Waals surface area contributed by atoms with Crippen LogP contribution in [0.4, 0.5) is 0 Å². The molecule has 0 saturated heterocycles. The summed E-state index contributed by atoms with van der Waals surface area (Å²) in [5, 5.41) is 0. The van der Waals surface area contributed by atoms with Crippen molar-refractivity contribution in [2.24, 2.45) is 0 Å². The molecule has 0 aliphatic carbocycles. The Morgan fingerprint density at radius 3 is 2.19 bits per heavy atom. The third-order valence-electron chi connectivity index (χ3n) is 3.25. The third-order valence-corrected chi connectivity index (χ3v) is 3.25. The Balaban J connectivity index is 2.03. The lowest BCUT2D eigenvalue weighted by atomic mass is 10.1. The number of hydrogen-bond donors (Lipinski definition) is 0. The number of esters is 1. The van der Waals surface area contributed by atoms with Gasteiger partial charge in [-0.25, -0.2) is 0 Å². The molecule has 0 saturated carbocycles. The molecular formula is C18H21NO2. The monoisotopic (exact) mass is 283 g/mol. The van der Waals surface area contributed by atoms with E-state index in [-0.39, 0.29) is 12.1 Å². The molecule has 0 unspecified atom stereocenters. The fraction of sp³-hybridized carbons (Fsp3) is 0.278. The standard InChI is InChI=1S/C18H21NO2/c1-15(20)21-18(17-11-7-4-8-12-17)14-19(2)13-16-9-5-3-6-10-16/h3-12,18H,13-14H2,1-2H3/t18-/m1/s1. The lowest BCUT2D eigenvalue weighted by molar-refractivity contribution is -0.147. The van der Waals surface area contributed by atoms with Crippen LogP contribution in [0.1, 0.15) is 24.2 Å². The first-order chi connectivity index (χ1) is 10.1. The first kappa shape index (κ1) is 15.3. The number of hydrogen-bond acceptors (Lipinski definition) is 3. The molecule has 2 aromatic rings. The number of nitrogens with zero attached hydrogens (tertiary/aromatic N) is 1. The summed E-state index contributed by atoms with van der Waals surface area (Å²) in [6, 6.07) is 20.1. The summed E-state index contributed by atoms with van der Waals surface area (Å²) in [4.78, 5) is 13.5. The van der Waals surface area contributed by atoms with Gasteiger partial charge in [-0.1, -0.05) is 60.7 Å². The van der Waals surface area contributed by atoms with Gasteiger partial charge in [0.15, 0.2) is 0 Å². The lowest BCUT2D eigenvalue weighted by Gasteiger charge is -2.24. The molecule has 0 fully saturated rings. The maximum absolute atomic E-state index is 11.3. The molecule has 2 aromatic carbocycles. The molecule has 3 heteroatoms. The second-order valence-electron chi connectivity index (χ2n) is 5.19. The molecule has 2 rings (SSSR count). The molecular weight excluding hydrogens is 262 g/mol. The first-order valence-electron chi connectivity index (χ1n) is 7.10. The number of carbonyl (C=O) groups is 1. The Hall–Kier alpha value is -2.13. The summed E-state index contributed by atoms with van der Waals surface area (Å²) >= 11 is 0. The van der Waals surface area contributed by atoms with Crippen molar-refractivity contribution in [2.75, 3.05) is 13.6 Å². The van der Waals surface area contributed by atoms with E-state index >= 15 is 0 Å². The third kappa shape index (κ3) is 5.04. The van der Waals surface area contributed by atoms with Gasteiger partial charge >= 0.3 is 5.97 Å². The Morgan fingerprint density at radius 2 is 1.62 bits per heavy atom. The highest BCUT2D eigenvalue weighted by Crippen LogP contribution is 2.19. The number of rotatable bonds is 6. The van der Waals surface area contributed by atoms with Crippen molar-refractivity contribution in [1.82, 2.24) is 4.90 Å². The fourth-order valence-corrected chi connectivity index (χ4v) is 2.32. The Labute approximate surface area is 126 Å². The normalized spacial score (nSPS) is 12.1. The summed E-state index contributed by atoms with van der Waals surface area (Å²) in [6.45, 7) is 2.94. The van der Waals surface area contributed by atoms with Crippen LogP contribution in [0.3, 0.4) is 0 Å². The van der Waals surface area contributed by atoms with Crippen LogP contribution in [0.15, 0.2) is 60.7 Å². The highest BCUT2D eigenvalue weighted by Gasteiger charge is 2.17. The summed E-state index contributed by atoms with van der Waals surface area (Å²) in [5.41, 5.74) is 2.27. The van der Waals surface area contributed by atoms with Gasteiger partial charge in [-0.05, 0) is 18.2 Å². The molecule has 0 aromatic heterocycles. The average Bonchev–Trinajstić information content (AvgIpc) is 2.48. The van der Waals surface area contributed by atoms with E-state index in [1.165, 1.54) is 12.5 Å². The van der Waals surface area contributed by atoms with Gasteiger partial charge in [0.2, 0.25) is 0 Å². The minimum absolute atomic E-state index is 0.239. The molecule has 0 N–H and O–H groups in total. The molecule has 0 aliphatic rings. The van der Waals surface area contributed by atoms with Crippen molar-refractivity contribution in [3.05, 3.63) is 71.8 Å². The fourth-order valence-electron chi connectivity index (χ4n) is 2.32. The molecule has 21 heavy (non-hydrogen) atoms. The molecule has 0 amide bonds. The average molecular weight is 283 g/mol. The summed E-state index contributed by atoms with van der Waals surface area (Å²) < 4.78 is 5.46. The van der Waals surface area contributed by atoms with Crippen LogP contribution in [-0.4, -0.2) is 24.5 Å². The summed E-state index contributed by atoms with van der Waals surface area (Å²) in [5.74, 6) is -0.253. The maximum Gasteiger partial charge on any atom is 0.303 e. The van der Waals surface area contributed by atoms with E-state index in [9.17, 15) is 4.79 Å². The second-order valence-corrected chi connectivity index (χ2v) is 5.19. The van der Waals surface area contributed by atoms with Crippen LogP contribution in [0.5, 0.6) is 0 Å². The smallest absolute Gasteiger partial charge is 0.303 e. The molecule has 0 bridgehead atoms. The zero-order valence-electron chi connectivity index (χ0n) is 12.5. The molecule has 0 radical (unpaired) electrons. The summed E-state index contributed by atoms with van der Waals surface area (Å²) in [7, 11) is 2.03. The second kappa shape index (κ2) is 7.60. The molecule has 0 aliphatic heterocycles. The van der Waals surface area contributed by atoms with E-state index in [4.69, 9.17) is 4.74 Å². The topological polar surface area (TPSA) is 29.5 Å². The SMILES string of the molecule is CC(=O)O[C@H](CN(C)Cc1ccccc1)c1ccccc1. The lowest BCUT2D eigenvalue weighted by Crippen LogP contribution is -2.26. The van der Waals surface area contributed by atoms with Crippen LogP contribution in [0.25, 0.3) is 0 Å². The highest BCUT2D eigenvalue weighted by atomic mass is 16.5. The van der Waals surface area contributed by atoms with Gasteiger partial charge in [-0.3, -0.25) is 9.69 Å². The predicted octanol–water partition coefficient (Wildman–Crippen LogP) is 3.42. The Morgan fingerprint density at radius 1 is 1.05 bits per heavy atom. The highest BCUT2D eigenvalue weighted by molar-refractivity contribution is 5.66. The zero-order valence-corrected chi connectivity index (χ0v) is 12.5. The van der Waals surface area contributed by atoms with Crippen molar-refractivity contribution < 1.29 is 9.53 Å². The van der Waals surface area contributed by atoms with E-state index in [1.54, 1.807) is 0 Å². The number of carbonyl (C=O) groups excluding carboxylic acids is 1. The minimum Gasteiger partial charge on any atom is -0.456 e. The van der Waals surface area contributed by atoms with Crippen molar-refractivity contribution >= 4 is 5.97 Å². The van der Waals surface area contributed by atoms with Crippen LogP contribution in [-0.2, 0) is 16.1 Å². The van der Waals surface area contributed by atoms with Crippen LogP contribution >= 0.6 is 0 Å². The van der Waals surface area contributed by atoms with Gasteiger partial charge in [0.25, 0.3) is 0 Å². The molecule has 0 heterocycles. The van der Waals surface area contributed by atoms with E-state index in [0.717, 1.165) is 12.1 Å². The largest absolute Gasteiger partial charge is 0.456 e. The van der Waals surface area contributed by atoms with Gasteiger partial charge in [-0.15, -0.1) is 0 Å². The van der Waals surface area contributed by atoms with Crippen molar-refractivity contribution in [1.29, 1.82) is 0 Å². The molecule has 0 spiro atoms. The van der Waals surface area contributed by atoms with Crippen LogP contribution in [0, 0.1) is 0 Å². The number of likely N-dealkylation sites (N-methyl/N-ethyl adjacent to an activating group) is 1. The minimum atomic E-state index is -0.253. The number of ether oxygens (including phenoxy) is 1. The van der Waals surface area contributed by atoms with Crippen molar-refractivity contribution in [3.63, 3.8) is 0 Å². The van der Waals surface area contributed by atoms with Crippen LogP contribution in [0.2, 0.25) is 0 Å². The zero-order chi connectivity index (χ0) is 15.1. The van der Waals surface area contributed by atoms with E-state index < -0.39 is 0 Å². The van der Waals surface area contributed by atoms with Crippen molar-refractivity contribution in [2.45, 2.75) is 19.6 Å². The summed E-state index contributed by atoms with van der Waals surface area (Å²) in [6.07, 6.45) is -0.239. The molecule has 1 atom stereocenters. The molecule has 3 nitrogen and oxygen atoms in total. The van der Waals surface area contributed by atoms with Gasteiger partial charge in [0, 0.05) is 20.0 Å². The van der Waals surface area contributed by atoms with E-state index in [1.807, 2.05) is 55.6 Å². The predicted molar refractivity (Wildman–Crippen MR) is 83.7 cm³/mol. The maximum atomic E-state index is 11.3. The Kier molecular flexibility index (Phi) is 5.52. The van der Waals surface area contributed by atoms with Gasteiger partial charge < -0.3 is 4.74 Å². The van der Waals surface area contributed by atoms with Crippen LogP contribution < -0.4 is 0 Å².